The van der Waals surface area contributed by atoms with E-state index in [9.17, 15) is 4.39 Å². The molecule has 0 aliphatic rings. The number of rotatable bonds is 2. The molecule has 5 heteroatoms. The molecule has 2 heterocycles. The highest BCUT2D eigenvalue weighted by Gasteiger charge is 2.12. The number of nitrogens with zero attached hydrogens (tertiary/aromatic N) is 2. The topological polar surface area (TPSA) is 50.8 Å². The first-order chi connectivity index (χ1) is 9.19. The van der Waals surface area contributed by atoms with E-state index < -0.39 is 0 Å². The molecule has 1 N–H and O–H groups in total. The lowest BCUT2D eigenvalue weighted by atomic mass is 10.2. The lowest BCUT2D eigenvalue weighted by Crippen LogP contribution is -1.89. The second-order valence-corrected chi connectivity index (χ2v) is 4.26. The van der Waals surface area contributed by atoms with E-state index in [2.05, 4.69) is 15.0 Å². The second-order valence-electron chi connectivity index (χ2n) is 4.26. The van der Waals surface area contributed by atoms with E-state index in [0.29, 0.717) is 22.8 Å². The normalized spacial score (nSPS) is 10.9. The summed E-state index contributed by atoms with van der Waals surface area (Å²) >= 11 is 0. The number of pyridine rings is 1. The molecule has 0 unspecified atom stereocenters. The van der Waals surface area contributed by atoms with Gasteiger partial charge in [0, 0.05) is 12.3 Å². The highest BCUT2D eigenvalue weighted by molar-refractivity contribution is 5.78. The zero-order chi connectivity index (χ0) is 13.4. The van der Waals surface area contributed by atoms with Gasteiger partial charge in [-0.2, -0.15) is 0 Å². The third-order valence-corrected chi connectivity index (χ3v) is 3.03. The maximum absolute atomic E-state index is 14.0. The Hall–Kier alpha value is -2.43. The average Bonchev–Trinajstić information content (AvgIpc) is 2.83. The first kappa shape index (κ1) is 11.6. The SMILES string of the molecule is COc1ccc(-c2nc3nccc(C)c3[nH]2)c(F)c1. The Morgan fingerprint density at radius 2 is 2.11 bits per heavy atom. The van der Waals surface area contributed by atoms with Crippen molar-refractivity contribution in [3.63, 3.8) is 0 Å². The van der Waals surface area contributed by atoms with Gasteiger partial charge in [0.2, 0.25) is 0 Å². The summed E-state index contributed by atoms with van der Waals surface area (Å²) in [5.74, 6) is 0.569. The summed E-state index contributed by atoms with van der Waals surface area (Å²) in [6.07, 6.45) is 1.69. The number of fused-ring (bicyclic) bond motifs is 1. The molecule has 0 aliphatic carbocycles. The molecule has 3 rings (SSSR count). The molecule has 0 saturated heterocycles. The molecular weight excluding hydrogens is 245 g/mol. The van der Waals surface area contributed by atoms with Crippen LogP contribution < -0.4 is 4.74 Å². The molecule has 3 aromatic rings. The van der Waals surface area contributed by atoms with Crippen LogP contribution in [0.15, 0.2) is 30.5 Å². The Morgan fingerprint density at radius 3 is 2.79 bits per heavy atom. The summed E-state index contributed by atoms with van der Waals surface area (Å²) in [6, 6.07) is 6.56. The van der Waals surface area contributed by atoms with Crippen LogP contribution in [0.3, 0.4) is 0 Å². The van der Waals surface area contributed by atoms with Crippen LogP contribution in [0.25, 0.3) is 22.6 Å². The highest BCUT2D eigenvalue weighted by atomic mass is 19.1. The number of ether oxygens (including phenoxy) is 1. The van der Waals surface area contributed by atoms with Gasteiger partial charge in [0.15, 0.2) is 5.65 Å². The number of aromatic amines is 1. The summed E-state index contributed by atoms with van der Waals surface area (Å²) in [5.41, 5.74) is 2.84. The molecule has 0 bridgehead atoms. The molecule has 19 heavy (non-hydrogen) atoms. The van der Waals surface area contributed by atoms with Gasteiger partial charge in [-0.15, -0.1) is 0 Å². The summed E-state index contributed by atoms with van der Waals surface area (Å²) in [4.78, 5) is 11.6. The zero-order valence-corrected chi connectivity index (χ0v) is 10.6. The maximum Gasteiger partial charge on any atom is 0.178 e. The minimum atomic E-state index is -0.379. The van der Waals surface area contributed by atoms with Gasteiger partial charge < -0.3 is 9.72 Å². The van der Waals surface area contributed by atoms with Crippen LogP contribution >= 0.6 is 0 Å². The number of nitrogens with one attached hydrogen (secondary N) is 1. The smallest absolute Gasteiger partial charge is 0.178 e. The van der Waals surface area contributed by atoms with Crippen LogP contribution in [0, 0.1) is 12.7 Å². The van der Waals surface area contributed by atoms with Crippen LogP contribution in [0.5, 0.6) is 5.75 Å². The Kier molecular flexibility index (Phi) is 2.67. The van der Waals surface area contributed by atoms with Crippen LogP contribution in [0.1, 0.15) is 5.56 Å². The van der Waals surface area contributed by atoms with Gasteiger partial charge in [0.1, 0.15) is 17.4 Å². The van der Waals surface area contributed by atoms with Gasteiger partial charge in [0.05, 0.1) is 18.2 Å². The van der Waals surface area contributed by atoms with Crippen molar-refractivity contribution in [2.45, 2.75) is 6.92 Å². The van der Waals surface area contributed by atoms with Crippen LogP contribution in [-0.4, -0.2) is 22.1 Å². The first-order valence-corrected chi connectivity index (χ1v) is 5.84. The lowest BCUT2D eigenvalue weighted by Gasteiger charge is -2.02. The van der Waals surface area contributed by atoms with E-state index in [-0.39, 0.29) is 5.82 Å². The number of aryl methyl sites for hydroxylation is 1. The fourth-order valence-corrected chi connectivity index (χ4v) is 1.98. The summed E-state index contributed by atoms with van der Waals surface area (Å²) in [7, 11) is 1.50. The van der Waals surface area contributed by atoms with Crippen LogP contribution in [0.2, 0.25) is 0 Å². The Morgan fingerprint density at radius 1 is 1.26 bits per heavy atom. The summed E-state index contributed by atoms with van der Waals surface area (Å²) < 4.78 is 19.0. The predicted molar refractivity (Wildman–Crippen MR) is 70.6 cm³/mol. The Labute approximate surface area is 109 Å². The second kappa shape index (κ2) is 4.35. The summed E-state index contributed by atoms with van der Waals surface area (Å²) in [5, 5.41) is 0. The molecule has 2 aromatic heterocycles. The molecule has 0 aliphatic heterocycles. The van der Waals surface area contributed by atoms with E-state index in [1.54, 1.807) is 18.3 Å². The highest BCUT2D eigenvalue weighted by Crippen LogP contribution is 2.26. The van der Waals surface area contributed by atoms with Crippen molar-refractivity contribution in [1.82, 2.24) is 15.0 Å². The standard InChI is InChI=1S/C14H12FN3O/c1-8-5-6-16-14-12(8)17-13(18-14)10-4-3-9(19-2)7-11(10)15/h3-7H,1-2H3,(H,16,17,18). The number of hydrogen-bond acceptors (Lipinski definition) is 3. The number of H-pyrrole nitrogens is 1. The number of benzene rings is 1. The fraction of sp³-hybridized carbons (Fsp3) is 0.143. The molecule has 0 fully saturated rings. The Bertz CT molecular complexity index is 752. The van der Waals surface area contributed by atoms with E-state index in [1.807, 2.05) is 13.0 Å². The molecule has 0 spiro atoms. The van der Waals surface area contributed by atoms with E-state index in [1.165, 1.54) is 13.2 Å². The van der Waals surface area contributed by atoms with Crippen molar-refractivity contribution in [3.05, 3.63) is 41.8 Å². The van der Waals surface area contributed by atoms with Crippen molar-refractivity contribution in [2.75, 3.05) is 7.11 Å². The molecule has 1 aromatic carbocycles. The minimum absolute atomic E-state index is 0.379. The minimum Gasteiger partial charge on any atom is -0.497 e. The third-order valence-electron chi connectivity index (χ3n) is 3.03. The van der Waals surface area contributed by atoms with E-state index in [4.69, 9.17) is 4.74 Å². The van der Waals surface area contributed by atoms with E-state index >= 15 is 0 Å². The third kappa shape index (κ3) is 1.93. The maximum atomic E-state index is 14.0. The fourth-order valence-electron chi connectivity index (χ4n) is 1.98. The quantitative estimate of drug-likeness (QED) is 0.767. The van der Waals surface area contributed by atoms with Crippen LogP contribution in [-0.2, 0) is 0 Å². The van der Waals surface area contributed by atoms with Crippen LogP contribution in [0.4, 0.5) is 4.39 Å². The van der Waals surface area contributed by atoms with Crippen molar-refractivity contribution in [3.8, 4) is 17.1 Å². The largest absolute Gasteiger partial charge is 0.497 e. The number of halogens is 1. The van der Waals surface area contributed by atoms with E-state index in [0.717, 1.165) is 11.1 Å². The van der Waals surface area contributed by atoms with Gasteiger partial charge in [-0.25, -0.2) is 14.4 Å². The molecule has 0 amide bonds. The number of hydrogen-bond donors (Lipinski definition) is 1. The van der Waals surface area contributed by atoms with Crippen molar-refractivity contribution in [1.29, 1.82) is 0 Å². The van der Waals surface area contributed by atoms with Gasteiger partial charge in [-0.3, -0.25) is 0 Å². The Balaban J connectivity index is 2.16. The first-order valence-electron chi connectivity index (χ1n) is 5.84. The average molecular weight is 257 g/mol. The molecular formula is C14H12FN3O. The molecule has 0 radical (unpaired) electrons. The van der Waals surface area contributed by atoms with Gasteiger partial charge in [0.25, 0.3) is 0 Å². The molecule has 0 atom stereocenters. The zero-order valence-electron chi connectivity index (χ0n) is 10.6. The number of aromatic nitrogens is 3. The lowest BCUT2D eigenvalue weighted by molar-refractivity contribution is 0.411. The molecule has 4 nitrogen and oxygen atoms in total. The van der Waals surface area contributed by atoms with Crippen molar-refractivity contribution in [2.24, 2.45) is 0 Å². The monoisotopic (exact) mass is 257 g/mol. The van der Waals surface area contributed by atoms with Crippen molar-refractivity contribution >= 4 is 11.2 Å². The summed E-state index contributed by atoms with van der Waals surface area (Å²) in [6.45, 7) is 1.95. The number of imidazole rings is 1. The number of methoxy groups -OCH3 is 1. The molecule has 0 saturated carbocycles. The van der Waals surface area contributed by atoms with Gasteiger partial charge in [-0.05, 0) is 30.7 Å². The van der Waals surface area contributed by atoms with Gasteiger partial charge >= 0.3 is 0 Å². The molecule has 96 valence electrons. The van der Waals surface area contributed by atoms with Crippen molar-refractivity contribution < 1.29 is 9.13 Å². The van der Waals surface area contributed by atoms with Gasteiger partial charge in [-0.1, -0.05) is 0 Å². The predicted octanol–water partition coefficient (Wildman–Crippen LogP) is 3.08.